The van der Waals surface area contributed by atoms with Crippen LogP contribution in [0.15, 0.2) is 182 Å². The highest BCUT2D eigenvalue weighted by molar-refractivity contribution is 5.91. The predicted octanol–water partition coefficient (Wildman–Crippen LogP) is 13.6. The lowest BCUT2D eigenvalue weighted by Crippen LogP contribution is -2.12. The first-order valence-electron chi connectivity index (χ1n) is 20.3. The van der Waals surface area contributed by atoms with Gasteiger partial charge in [0.05, 0.1) is 21.9 Å². The minimum absolute atomic E-state index is 0.955. The summed E-state index contributed by atoms with van der Waals surface area (Å²) in [6.07, 6.45) is 7.59. The molecule has 0 aliphatic carbocycles. The van der Waals surface area contributed by atoms with E-state index in [1.165, 1.54) is 21.9 Å². The largest absolute Gasteiger partial charge is 0.315 e. The lowest BCUT2D eigenvalue weighted by atomic mass is 10.0. The summed E-state index contributed by atoms with van der Waals surface area (Å²) in [7, 11) is 0. The monoisotopic (exact) mass is 751 g/mol. The van der Waals surface area contributed by atoms with Crippen LogP contribution in [0.3, 0.4) is 0 Å². The Morgan fingerprint density at radius 1 is 0.586 bits per heavy atom. The summed E-state index contributed by atoms with van der Waals surface area (Å²) in [4.78, 5) is 2.39. The normalized spacial score (nSPS) is 11.9. The van der Waals surface area contributed by atoms with E-state index in [4.69, 9.17) is 0 Å². The van der Waals surface area contributed by atoms with E-state index in [0.717, 1.165) is 78.0 Å². The minimum Gasteiger partial charge on any atom is -0.315 e. The highest BCUT2D eigenvalue weighted by atomic mass is 15.1. The maximum absolute atomic E-state index is 4.63. The van der Waals surface area contributed by atoms with Gasteiger partial charge in [0, 0.05) is 45.1 Å². The molecule has 0 aliphatic rings. The van der Waals surface area contributed by atoms with Gasteiger partial charge in [0.25, 0.3) is 0 Å². The summed E-state index contributed by atoms with van der Waals surface area (Å²) in [6, 6.07) is 60.8. The highest BCUT2D eigenvalue weighted by Gasteiger charge is 2.18. The Labute approximate surface area is 341 Å². The van der Waals surface area contributed by atoms with Crippen molar-refractivity contribution in [3.63, 3.8) is 0 Å². The third-order valence-electron chi connectivity index (χ3n) is 10.8. The summed E-state index contributed by atoms with van der Waals surface area (Å²) in [5, 5.41) is 7.59. The zero-order valence-corrected chi connectivity index (χ0v) is 33.9. The van der Waals surface area contributed by atoms with Crippen molar-refractivity contribution in [2.75, 3.05) is 4.90 Å². The molecule has 2 heterocycles. The number of rotatable bonds is 8. The van der Waals surface area contributed by atoms with Gasteiger partial charge in [-0.1, -0.05) is 149 Å². The van der Waals surface area contributed by atoms with Crippen molar-refractivity contribution in [3.05, 3.63) is 214 Å². The fourth-order valence-corrected chi connectivity index (χ4v) is 8.03. The molecule has 0 amide bonds. The Morgan fingerprint density at radius 3 is 1.98 bits per heavy atom. The molecule has 0 fully saturated rings. The first kappa shape index (κ1) is 37.8. The lowest BCUT2D eigenvalue weighted by molar-refractivity contribution is 0.970. The van der Waals surface area contributed by atoms with Crippen LogP contribution in [0, 0.1) is 17.6 Å². The molecule has 0 atom stereocenters. The van der Waals surface area contributed by atoms with E-state index in [1.54, 1.807) is 0 Å². The topological polar surface area (TPSA) is 13.1 Å². The van der Waals surface area contributed by atoms with Crippen LogP contribution in [0.1, 0.15) is 38.3 Å². The SMILES string of the molecule is C=c1ccn(-c2ccccc2)/c1=c1/c(=C)c2ccccc2n1-c1ccc(-c2ccc(N(c3ccc4ccccc4c3)c3cccc(C)c3/C=C\CC)cc2)cc1.CC. The van der Waals surface area contributed by atoms with Crippen molar-refractivity contribution in [1.82, 2.24) is 9.13 Å². The Morgan fingerprint density at radius 2 is 1.24 bits per heavy atom. The number of aromatic nitrogens is 2. The standard InChI is InChI=1S/C53H43N3.C2H6/c1-5-6-20-48-37(2)15-14-23-50(48)55(47-33-28-40-16-10-11-17-43(40)36-47)45-29-24-41(25-30-45)42-26-31-46(32-27-42)56-51-22-13-12-21-49(51)39(4)53(56)52-38(3)34-35-54(52)44-18-8-7-9-19-44;1-2/h6-36H,3-5H2,1-2H3;1-2H3/b20-6-,53-52-;. The summed E-state index contributed by atoms with van der Waals surface area (Å²) in [6.45, 7) is 17.5. The molecule has 0 spiro atoms. The molecule has 0 unspecified atom stereocenters. The van der Waals surface area contributed by atoms with Gasteiger partial charge in [-0.2, -0.15) is 0 Å². The van der Waals surface area contributed by atoms with Crippen LogP contribution < -0.4 is 15.3 Å². The van der Waals surface area contributed by atoms with E-state index < -0.39 is 0 Å². The quantitative estimate of drug-likeness (QED) is 0.151. The highest BCUT2D eigenvalue weighted by Crippen LogP contribution is 2.40. The summed E-state index contributed by atoms with van der Waals surface area (Å²) in [5.41, 5.74) is 11.4. The van der Waals surface area contributed by atoms with Gasteiger partial charge >= 0.3 is 0 Å². The maximum atomic E-state index is 4.63. The van der Waals surface area contributed by atoms with Gasteiger partial charge in [-0.15, -0.1) is 0 Å². The van der Waals surface area contributed by atoms with Crippen molar-refractivity contribution in [2.45, 2.75) is 34.1 Å². The Kier molecular flexibility index (Phi) is 10.8. The van der Waals surface area contributed by atoms with E-state index in [0.29, 0.717) is 0 Å². The Hall–Kier alpha value is -7.10. The van der Waals surface area contributed by atoms with Crippen molar-refractivity contribution < 1.29 is 0 Å². The molecule has 9 aromatic rings. The van der Waals surface area contributed by atoms with Crippen molar-refractivity contribution in [2.24, 2.45) is 0 Å². The first-order chi connectivity index (χ1) is 28.5. The molecule has 9 rings (SSSR count). The molecule has 2 aromatic heterocycles. The number of benzene rings is 7. The van der Waals surface area contributed by atoms with Crippen LogP contribution in [-0.2, 0) is 0 Å². The second-order valence-corrected chi connectivity index (χ2v) is 14.4. The van der Waals surface area contributed by atoms with E-state index >= 15 is 0 Å². The zero-order chi connectivity index (χ0) is 40.2. The third kappa shape index (κ3) is 6.97. The van der Waals surface area contributed by atoms with Gasteiger partial charge < -0.3 is 14.0 Å². The fourth-order valence-electron chi connectivity index (χ4n) is 8.03. The van der Waals surface area contributed by atoms with Gasteiger partial charge in [-0.3, -0.25) is 0 Å². The van der Waals surface area contributed by atoms with Gasteiger partial charge in [-0.25, -0.2) is 0 Å². The molecule has 58 heavy (non-hydrogen) atoms. The number of hydrogen-bond donors (Lipinski definition) is 0. The molecule has 0 N–H and O–H groups in total. The fraction of sp³-hybridized carbons (Fsp3) is 0.0909. The summed E-state index contributed by atoms with van der Waals surface area (Å²) < 4.78 is 4.56. The first-order valence-corrected chi connectivity index (χ1v) is 20.3. The molecule has 0 radical (unpaired) electrons. The van der Waals surface area contributed by atoms with Crippen LogP contribution in [-0.4, -0.2) is 9.13 Å². The summed E-state index contributed by atoms with van der Waals surface area (Å²) >= 11 is 0. The predicted molar refractivity (Wildman–Crippen MR) is 250 cm³/mol. The van der Waals surface area contributed by atoms with E-state index in [9.17, 15) is 0 Å². The molecule has 0 aliphatic heterocycles. The molecule has 0 saturated carbocycles. The van der Waals surface area contributed by atoms with E-state index in [2.05, 4.69) is 223 Å². The molecular weight excluding hydrogens is 703 g/mol. The number of nitrogens with zero attached hydrogens (tertiary/aromatic N) is 3. The molecule has 3 heteroatoms. The number of allylic oxidation sites excluding steroid dienone is 1. The zero-order valence-electron chi connectivity index (χ0n) is 33.9. The summed E-state index contributed by atoms with van der Waals surface area (Å²) in [5.74, 6) is 0. The number of aryl methyl sites for hydroxylation is 1. The van der Waals surface area contributed by atoms with Gasteiger partial charge in [0.1, 0.15) is 0 Å². The van der Waals surface area contributed by atoms with Crippen molar-refractivity contribution >= 4 is 58.0 Å². The lowest BCUT2D eigenvalue weighted by Gasteiger charge is -2.28. The van der Waals surface area contributed by atoms with Crippen molar-refractivity contribution in [1.29, 1.82) is 0 Å². The maximum Gasteiger partial charge on any atom is 0.0782 e. The molecule has 0 saturated heterocycles. The number of anilines is 3. The number of para-hydroxylation sites is 2. The van der Waals surface area contributed by atoms with Gasteiger partial charge in [0.2, 0.25) is 0 Å². The molecule has 3 nitrogen and oxygen atoms in total. The molecule has 0 bridgehead atoms. The van der Waals surface area contributed by atoms with Gasteiger partial charge in [0.15, 0.2) is 0 Å². The van der Waals surface area contributed by atoms with E-state index in [-0.39, 0.29) is 0 Å². The molecule has 7 aromatic carbocycles. The second-order valence-electron chi connectivity index (χ2n) is 14.4. The Balaban J connectivity index is 0.00000231. The van der Waals surface area contributed by atoms with Crippen LogP contribution >= 0.6 is 0 Å². The van der Waals surface area contributed by atoms with Gasteiger partial charge in [-0.05, 0) is 113 Å². The minimum atomic E-state index is 0.955. The number of hydrogen-bond acceptors (Lipinski definition) is 1. The van der Waals surface area contributed by atoms with Crippen LogP contribution in [0.2, 0.25) is 0 Å². The number of fused-ring (bicyclic) bond motifs is 2. The average molecular weight is 752 g/mol. The molecular formula is C55H49N3. The Bertz CT molecular complexity index is 3090. The van der Waals surface area contributed by atoms with Crippen LogP contribution in [0.5, 0.6) is 0 Å². The molecule has 284 valence electrons. The van der Waals surface area contributed by atoms with E-state index in [1.807, 2.05) is 19.9 Å². The van der Waals surface area contributed by atoms with Crippen LogP contribution in [0.4, 0.5) is 17.1 Å². The van der Waals surface area contributed by atoms with Crippen molar-refractivity contribution in [3.8, 4) is 22.5 Å². The third-order valence-corrected chi connectivity index (χ3v) is 10.8. The smallest absolute Gasteiger partial charge is 0.0782 e. The second kappa shape index (κ2) is 16.6. The average Bonchev–Trinajstić information content (AvgIpc) is 3.80. The van der Waals surface area contributed by atoms with Crippen LogP contribution in [0.25, 0.3) is 63.4 Å².